The highest BCUT2D eigenvalue weighted by atomic mass is 31.2. The number of allylic oxidation sites excluding steroid dienone is 4. The standard InChI is InChI=1S/C38H69O13P/c1-3-5-7-9-11-13-15-17-19-21-23-25-27-32(40)50-30(28-48-31(39)26-24-22-20-18-16-14-12-10-8-6-4-2)29-49-52(46,47)51-38-36(44)34(42)33(41)35(43)37(38)45/h10-13,30,33-38,41-45H,3-9,14-29H2,1-2H3,(H,46,47)/b12-10-,13-11-. The summed E-state index contributed by atoms with van der Waals surface area (Å²) in [6.07, 6.45) is 15.4. The third-order valence-corrected chi connectivity index (χ3v) is 10.0. The number of phosphoric acid groups is 1. The molecule has 1 rings (SSSR count). The summed E-state index contributed by atoms with van der Waals surface area (Å²) in [7, 11) is -5.11. The third kappa shape index (κ3) is 22.5. The highest BCUT2D eigenvalue weighted by molar-refractivity contribution is 7.47. The number of aliphatic hydroxyl groups excluding tert-OH is 5. The van der Waals surface area contributed by atoms with E-state index in [0.29, 0.717) is 12.8 Å². The molecule has 0 spiro atoms. The largest absolute Gasteiger partial charge is 0.472 e. The van der Waals surface area contributed by atoms with Gasteiger partial charge in [-0.3, -0.25) is 18.6 Å². The molecule has 1 aliphatic carbocycles. The van der Waals surface area contributed by atoms with Gasteiger partial charge in [0.2, 0.25) is 0 Å². The van der Waals surface area contributed by atoms with Crippen molar-refractivity contribution in [1.82, 2.24) is 0 Å². The van der Waals surface area contributed by atoms with Crippen molar-refractivity contribution in [2.45, 2.75) is 191 Å². The summed E-state index contributed by atoms with van der Waals surface area (Å²) in [5.74, 6) is -1.12. The molecule has 0 bridgehead atoms. The molecule has 1 saturated carbocycles. The summed E-state index contributed by atoms with van der Waals surface area (Å²) in [6, 6.07) is 0. The molecule has 6 N–H and O–H groups in total. The second-order valence-corrected chi connectivity index (χ2v) is 15.2. The predicted octanol–water partition coefficient (Wildman–Crippen LogP) is 6.11. The molecule has 0 aromatic rings. The summed E-state index contributed by atoms with van der Waals surface area (Å²) in [5, 5.41) is 49.9. The summed E-state index contributed by atoms with van der Waals surface area (Å²) < 4.78 is 33.3. The Kier molecular flexibility index (Phi) is 27.6. The minimum atomic E-state index is -5.11. The maximum absolute atomic E-state index is 12.7. The first-order valence-corrected chi connectivity index (χ1v) is 21.1. The van der Waals surface area contributed by atoms with Crippen molar-refractivity contribution in [2.24, 2.45) is 0 Å². The zero-order valence-electron chi connectivity index (χ0n) is 31.6. The maximum atomic E-state index is 12.7. The van der Waals surface area contributed by atoms with Crippen molar-refractivity contribution < 1.29 is 63.1 Å². The molecule has 52 heavy (non-hydrogen) atoms. The minimum Gasteiger partial charge on any atom is -0.462 e. The van der Waals surface area contributed by atoms with Crippen LogP contribution in [0.4, 0.5) is 0 Å². The number of carbonyl (C=O) groups excluding carboxylic acids is 2. The van der Waals surface area contributed by atoms with Gasteiger partial charge in [-0.25, -0.2) is 4.57 Å². The lowest BCUT2D eigenvalue weighted by Gasteiger charge is -2.41. The van der Waals surface area contributed by atoms with Gasteiger partial charge in [-0.05, 0) is 57.8 Å². The second-order valence-electron chi connectivity index (χ2n) is 13.8. The van der Waals surface area contributed by atoms with Crippen molar-refractivity contribution in [1.29, 1.82) is 0 Å². The van der Waals surface area contributed by atoms with Crippen LogP contribution in [0.2, 0.25) is 0 Å². The lowest BCUT2D eigenvalue weighted by atomic mass is 9.85. The summed E-state index contributed by atoms with van der Waals surface area (Å²) >= 11 is 0. The van der Waals surface area contributed by atoms with Crippen LogP contribution in [0.5, 0.6) is 0 Å². The number of hydrogen-bond donors (Lipinski definition) is 6. The van der Waals surface area contributed by atoms with Crippen molar-refractivity contribution in [3.8, 4) is 0 Å². The topological polar surface area (TPSA) is 210 Å². The molecule has 0 saturated heterocycles. The minimum absolute atomic E-state index is 0.0855. The van der Waals surface area contributed by atoms with Crippen LogP contribution in [0.1, 0.15) is 149 Å². The third-order valence-electron chi connectivity index (χ3n) is 9.02. The van der Waals surface area contributed by atoms with Gasteiger partial charge in [0.25, 0.3) is 0 Å². The zero-order chi connectivity index (χ0) is 38.6. The SMILES string of the molecule is CCCC/C=C\CCCCCCCC(=O)OCC(COP(=O)(O)OC1C(O)C(O)C(O)C(O)C1O)OC(=O)CCCCCCC/C=C\CCCCC. The van der Waals surface area contributed by atoms with E-state index in [-0.39, 0.29) is 12.8 Å². The Labute approximate surface area is 311 Å². The number of carbonyl (C=O) groups is 2. The monoisotopic (exact) mass is 764 g/mol. The van der Waals surface area contributed by atoms with Crippen molar-refractivity contribution >= 4 is 19.8 Å². The first-order valence-electron chi connectivity index (χ1n) is 19.6. The number of esters is 2. The molecule has 1 aliphatic rings. The number of aliphatic hydroxyl groups is 5. The van der Waals surface area contributed by atoms with Crippen molar-refractivity contribution in [3.63, 3.8) is 0 Å². The van der Waals surface area contributed by atoms with E-state index < -0.39 is 75.7 Å². The van der Waals surface area contributed by atoms with Gasteiger partial charge >= 0.3 is 19.8 Å². The van der Waals surface area contributed by atoms with E-state index in [4.69, 9.17) is 18.5 Å². The molecule has 0 aromatic carbocycles. The van der Waals surface area contributed by atoms with Gasteiger partial charge in [-0.2, -0.15) is 0 Å². The van der Waals surface area contributed by atoms with E-state index >= 15 is 0 Å². The van der Waals surface area contributed by atoms with E-state index in [9.17, 15) is 44.6 Å². The molecule has 14 heteroatoms. The lowest BCUT2D eigenvalue weighted by molar-refractivity contribution is -0.220. The van der Waals surface area contributed by atoms with Crippen molar-refractivity contribution in [2.75, 3.05) is 13.2 Å². The Morgan fingerprint density at radius 2 is 1.00 bits per heavy atom. The Morgan fingerprint density at radius 3 is 1.52 bits per heavy atom. The maximum Gasteiger partial charge on any atom is 0.472 e. The van der Waals surface area contributed by atoms with E-state index in [2.05, 4.69) is 38.2 Å². The van der Waals surface area contributed by atoms with Gasteiger partial charge in [0.1, 0.15) is 43.2 Å². The fourth-order valence-corrected chi connectivity index (χ4v) is 6.70. The Hall–Kier alpha value is -1.67. The number of phosphoric ester groups is 1. The predicted molar refractivity (Wildman–Crippen MR) is 198 cm³/mol. The van der Waals surface area contributed by atoms with Crippen LogP contribution in [-0.2, 0) is 32.7 Å². The number of rotatable bonds is 31. The van der Waals surface area contributed by atoms with E-state index in [1.807, 2.05) is 0 Å². The van der Waals surface area contributed by atoms with E-state index in [1.165, 1.54) is 32.1 Å². The summed E-state index contributed by atoms with van der Waals surface area (Å²) in [5.41, 5.74) is 0. The Morgan fingerprint density at radius 1 is 0.577 bits per heavy atom. The molecule has 0 heterocycles. The summed E-state index contributed by atoms with van der Waals surface area (Å²) in [4.78, 5) is 35.4. The van der Waals surface area contributed by atoms with Crippen LogP contribution in [0.25, 0.3) is 0 Å². The van der Waals surface area contributed by atoms with Gasteiger partial charge in [-0.15, -0.1) is 0 Å². The molecular weight excluding hydrogens is 695 g/mol. The van der Waals surface area contributed by atoms with Crippen LogP contribution in [-0.4, -0.2) is 98.3 Å². The van der Waals surface area contributed by atoms with Crippen LogP contribution >= 0.6 is 7.82 Å². The smallest absolute Gasteiger partial charge is 0.462 e. The highest BCUT2D eigenvalue weighted by Crippen LogP contribution is 2.47. The number of hydrogen-bond acceptors (Lipinski definition) is 12. The number of ether oxygens (including phenoxy) is 2. The summed E-state index contributed by atoms with van der Waals surface area (Å²) in [6.45, 7) is 3.18. The Balaban J connectivity index is 2.56. The molecule has 0 radical (unpaired) electrons. The fourth-order valence-electron chi connectivity index (χ4n) is 5.73. The van der Waals surface area contributed by atoms with Crippen LogP contribution in [0, 0.1) is 0 Å². The zero-order valence-corrected chi connectivity index (χ0v) is 32.5. The molecule has 6 atom stereocenters. The average Bonchev–Trinajstić information content (AvgIpc) is 3.12. The average molecular weight is 765 g/mol. The van der Waals surface area contributed by atoms with Gasteiger partial charge in [0.05, 0.1) is 6.61 Å². The number of unbranched alkanes of at least 4 members (excludes halogenated alkanes) is 15. The first kappa shape index (κ1) is 48.3. The van der Waals surface area contributed by atoms with E-state index in [0.717, 1.165) is 77.0 Å². The van der Waals surface area contributed by atoms with Gasteiger partial charge in [-0.1, -0.05) is 102 Å². The molecular formula is C38H69O13P. The molecule has 0 aliphatic heterocycles. The molecule has 6 unspecified atom stereocenters. The molecule has 0 aromatic heterocycles. The highest BCUT2D eigenvalue weighted by Gasteiger charge is 2.51. The lowest BCUT2D eigenvalue weighted by Crippen LogP contribution is -2.64. The molecule has 13 nitrogen and oxygen atoms in total. The van der Waals surface area contributed by atoms with Gasteiger partial charge in [0, 0.05) is 12.8 Å². The quantitative estimate of drug-likeness (QED) is 0.0204. The molecule has 304 valence electrons. The first-order chi connectivity index (χ1) is 24.9. The van der Waals surface area contributed by atoms with Crippen molar-refractivity contribution in [3.05, 3.63) is 24.3 Å². The van der Waals surface area contributed by atoms with Crippen LogP contribution < -0.4 is 0 Å². The van der Waals surface area contributed by atoms with Crippen LogP contribution in [0.3, 0.4) is 0 Å². The van der Waals surface area contributed by atoms with Gasteiger partial charge in [0.15, 0.2) is 6.10 Å². The molecule has 0 amide bonds. The normalized spacial score (nSPS) is 23.9. The Bertz CT molecular complexity index is 1020. The fraction of sp³-hybridized carbons (Fsp3) is 0.842. The molecule has 1 fully saturated rings. The second kappa shape index (κ2) is 29.7. The van der Waals surface area contributed by atoms with Crippen LogP contribution in [0.15, 0.2) is 24.3 Å². The van der Waals surface area contributed by atoms with E-state index in [1.54, 1.807) is 0 Å². The van der Waals surface area contributed by atoms with Gasteiger partial charge < -0.3 is 39.9 Å².